The SMILES string of the molecule is O=C(O)CCCC(=O)NCCc1cccc(O)c1. The third-order valence-corrected chi connectivity index (χ3v) is 2.44. The van der Waals surface area contributed by atoms with E-state index in [-0.39, 0.29) is 24.5 Å². The van der Waals surface area contributed by atoms with Crippen LogP contribution in [-0.4, -0.2) is 28.6 Å². The van der Waals surface area contributed by atoms with Gasteiger partial charge >= 0.3 is 5.97 Å². The molecule has 0 radical (unpaired) electrons. The molecule has 0 saturated carbocycles. The minimum absolute atomic E-state index is 0.0139. The van der Waals surface area contributed by atoms with Crippen LogP contribution in [0.3, 0.4) is 0 Å². The van der Waals surface area contributed by atoms with Crippen LogP contribution in [0.25, 0.3) is 0 Å². The number of aromatic hydroxyl groups is 1. The third kappa shape index (κ3) is 5.89. The lowest BCUT2D eigenvalue weighted by Gasteiger charge is -2.05. The summed E-state index contributed by atoms with van der Waals surface area (Å²) < 4.78 is 0. The van der Waals surface area contributed by atoms with Crippen molar-refractivity contribution in [2.45, 2.75) is 25.7 Å². The van der Waals surface area contributed by atoms with E-state index in [1.54, 1.807) is 18.2 Å². The summed E-state index contributed by atoms with van der Waals surface area (Å²) in [5.74, 6) is -0.820. The van der Waals surface area contributed by atoms with Gasteiger partial charge in [-0.3, -0.25) is 9.59 Å². The van der Waals surface area contributed by atoms with Crippen molar-refractivity contribution in [3.05, 3.63) is 29.8 Å². The monoisotopic (exact) mass is 251 g/mol. The van der Waals surface area contributed by atoms with Gasteiger partial charge in [0.05, 0.1) is 0 Å². The van der Waals surface area contributed by atoms with Crippen LogP contribution >= 0.6 is 0 Å². The van der Waals surface area contributed by atoms with Crippen molar-refractivity contribution >= 4 is 11.9 Å². The highest BCUT2D eigenvalue weighted by atomic mass is 16.4. The molecule has 1 rings (SSSR count). The van der Waals surface area contributed by atoms with Gasteiger partial charge in [0.2, 0.25) is 5.91 Å². The maximum atomic E-state index is 11.3. The summed E-state index contributed by atoms with van der Waals surface area (Å²) >= 11 is 0. The molecule has 0 aliphatic heterocycles. The van der Waals surface area contributed by atoms with Gasteiger partial charge in [0.15, 0.2) is 0 Å². The number of carboxylic acids is 1. The summed E-state index contributed by atoms with van der Waals surface area (Å²) in [7, 11) is 0. The molecule has 0 saturated heterocycles. The van der Waals surface area contributed by atoms with E-state index in [9.17, 15) is 14.7 Å². The molecule has 5 nitrogen and oxygen atoms in total. The fourth-order valence-electron chi connectivity index (χ4n) is 1.55. The van der Waals surface area contributed by atoms with Gasteiger partial charge in [-0.15, -0.1) is 0 Å². The molecule has 5 heteroatoms. The predicted molar refractivity (Wildman–Crippen MR) is 66.3 cm³/mol. The summed E-state index contributed by atoms with van der Waals surface area (Å²) in [6, 6.07) is 6.86. The molecule has 0 spiro atoms. The van der Waals surface area contributed by atoms with Crippen molar-refractivity contribution in [3.63, 3.8) is 0 Å². The van der Waals surface area contributed by atoms with Crippen molar-refractivity contribution < 1.29 is 19.8 Å². The molecule has 0 unspecified atom stereocenters. The Hall–Kier alpha value is -2.04. The van der Waals surface area contributed by atoms with Crippen LogP contribution in [0, 0.1) is 0 Å². The lowest BCUT2D eigenvalue weighted by Crippen LogP contribution is -2.25. The van der Waals surface area contributed by atoms with Crippen molar-refractivity contribution in [3.8, 4) is 5.75 Å². The second-order valence-corrected chi connectivity index (χ2v) is 4.02. The second-order valence-electron chi connectivity index (χ2n) is 4.02. The van der Waals surface area contributed by atoms with Crippen LogP contribution in [-0.2, 0) is 16.0 Å². The maximum absolute atomic E-state index is 11.3. The van der Waals surface area contributed by atoms with E-state index in [4.69, 9.17) is 5.11 Å². The molecule has 3 N–H and O–H groups in total. The number of phenols is 1. The van der Waals surface area contributed by atoms with Crippen molar-refractivity contribution in [1.29, 1.82) is 0 Å². The lowest BCUT2D eigenvalue weighted by atomic mass is 10.1. The number of carbonyl (C=O) groups is 2. The van der Waals surface area contributed by atoms with Gasteiger partial charge < -0.3 is 15.5 Å². The van der Waals surface area contributed by atoms with Crippen LogP contribution in [0.1, 0.15) is 24.8 Å². The third-order valence-electron chi connectivity index (χ3n) is 2.44. The first-order chi connectivity index (χ1) is 8.58. The Morgan fingerprint density at radius 2 is 2.00 bits per heavy atom. The predicted octanol–water partition coefficient (Wildman–Crippen LogP) is 1.31. The van der Waals surface area contributed by atoms with E-state index in [0.29, 0.717) is 19.4 Å². The number of phenolic OH excluding ortho intramolecular Hbond substituents is 1. The van der Waals surface area contributed by atoms with Crippen LogP contribution in [0.5, 0.6) is 5.75 Å². The molecule has 98 valence electrons. The Balaban J connectivity index is 2.17. The first-order valence-corrected chi connectivity index (χ1v) is 5.84. The molecule has 0 bridgehead atoms. The number of aliphatic carboxylic acids is 1. The highest BCUT2D eigenvalue weighted by Gasteiger charge is 2.03. The fourth-order valence-corrected chi connectivity index (χ4v) is 1.55. The number of benzene rings is 1. The smallest absolute Gasteiger partial charge is 0.303 e. The molecule has 0 aliphatic rings. The molecule has 0 heterocycles. The average molecular weight is 251 g/mol. The molecule has 0 fully saturated rings. The minimum atomic E-state index is -0.887. The molecular formula is C13H17NO4. The van der Waals surface area contributed by atoms with Gasteiger partial charge in [0, 0.05) is 19.4 Å². The molecule has 0 aliphatic carbocycles. The molecular weight excluding hydrogens is 234 g/mol. The van der Waals surface area contributed by atoms with Gasteiger partial charge in [-0.25, -0.2) is 0 Å². The number of carbonyl (C=O) groups excluding carboxylic acids is 1. The standard InChI is InChI=1S/C13H17NO4/c15-11-4-1-3-10(9-11)7-8-14-12(16)5-2-6-13(17)18/h1,3-4,9,15H,2,5-8H2,(H,14,16)(H,17,18). The minimum Gasteiger partial charge on any atom is -0.508 e. The van der Waals surface area contributed by atoms with Gasteiger partial charge in [0.25, 0.3) is 0 Å². The summed E-state index contributed by atoms with van der Waals surface area (Å²) in [5, 5.41) is 20.4. The van der Waals surface area contributed by atoms with Crippen molar-refractivity contribution in [1.82, 2.24) is 5.32 Å². The van der Waals surface area contributed by atoms with Crippen molar-refractivity contribution in [2.24, 2.45) is 0 Å². The highest BCUT2D eigenvalue weighted by Crippen LogP contribution is 2.10. The summed E-state index contributed by atoms with van der Waals surface area (Å²) in [6.07, 6.45) is 1.23. The number of amides is 1. The van der Waals surface area contributed by atoms with E-state index in [1.807, 2.05) is 6.07 Å². The summed E-state index contributed by atoms with van der Waals surface area (Å²) in [5.41, 5.74) is 0.945. The zero-order valence-corrected chi connectivity index (χ0v) is 10.1. The van der Waals surface area contributed by atoms with Crippen LogP contribution in [0.2, 0.25) is 0 Å². The summed E-state index contributed by atoms with van der Waals surface area (Å²) in [6.45, 7) is 0.482. The first kappa shape index (κ1) is 14.0. The number of rotatable bonds is 7. The van der Waals surface area contributed by atoms with Gasteiger partial charge in [-0.2, -0.15) is 0 Å². The number of carboxylic acid groups (broad SMARTS) is 1. The Kier molecular flexibility index (Phi) is 5.70. The number of nitrogens with one attached hydrogen (secondary N) is 1. The maximum Gasteiger partial charge on any atom is 0.303 e. The second kappa shape index (κ2) is 7.32. The fraction of sp³-hybridized carbons (Fsp3) is 0.385. The molecule has 1 amide bonds. The Bertz CT molecular complexity index is 417. The molecule has 0 atom stereocenters. The Morgan fingerprint density at radius 3 is 2.67 bits per heavy atom. The summed E-state index contributed by atoms with van der Waals surface area (Å²) in [4.78, 5) is 21.6. The van der Waals surface area contributed by atoms with Crippen LogP contribution in [0.15, 0.2) is 24.3 Å². The zero-order valence-electron chi connectivity index (χ0n) is 10.1. The first-order valence-electron chi connectivity index (χ1n) is 5.84. The zero-order chi connectivity index (χ0) is 13.4. The normalized spacial score (nSPS) is 10.0. The topological polar surface area (TPSA) is 86.6 Å². The quantitative estimate of drug-likeness (QED) is 0.681. The van der Waals surface area contributed by atoms with Crippen molar-refractivity contribution in [2.75, 3.05) is 6.54 Å². The van der Waals surface area contributed by atoms with E-state index in [1.165, 1.54) is 0 Å². The van der Waals surface area contributed by atoms with Gasteiger partial charge in [-0.05, 0) is 30.5 Å². The number of hydrogen-bond acceptors (Lipinski definition) is 3. The van der Waals surface area contributed by atoms with Crippen LogP contribution < -0.4 is 5.32 Å². The molecule has 1 aromatic carbocycles. The van der Waals surface area contributed by atoms with E-state index in [0.717, 1.165) is 5.56 Å². The van der Waals surface area contributed by atoms with Crippen LogP contribution in [0.4, 0.5) is 0 Å². The van der Waals surface area contributed by atoms with E-state index in [2.05, 4.69) is 5.32 Å². The molecule has 1 aromatic rings. The van der Waals surface area contributed by atoms with Gasteiger partial charge in [0.1, 0.15) is 5.75 Å². The lowest BCUT2D eigenvalue weighted by molar-refractivity contribution is -0.137. The molecule has 0 aromatic heterocycles. The molecule has 18 heavy (non-hydrogen) atoms. The number of hydrogen-bond donors (Lipinski definition) is 3. The van der Waals surface area contributed by atoms with E-state index < -0.39 is 5.97 Å². The Morgan fingerprint density at radius 1 is 1.22 bits per heavy atom. The Labute approximate surface area is 105 Å². The highest BCUT2D eigenvalue weighted by molar-refractivity contribution is 5.76. The van der Waals surface area contributed by atoms with Gasteiger partial charge in [-0.1, -0.05) is 12.1 Å². The van der Waals surface area contributed by atoms with E-state index >= 15 is 0 Å². The largest absolute Gasteiger partial charge is 0.508 e. The average Bonchev–Trinajstić information content (AvgIpc) is 2.28.